The standard InChI is InChI=1S/C19H24ClN3O3/c1-13(21-18(24)8-7-17-14(2)22-26-19(17)20)15-3-5-16(6-4-15)23-9-11-25-12-10-23/h3-6,13H,7-12H2,1-2H3,(H,21,24). The Morgan fingerprint density at radius 2 is 2.00 bits per heavy atom. The third-order valence-corrected chi connectivity index (χ3v) is 4.98. The molecule has 1 unspecified atom stereocenters. The fourth-order valence-corrected chi connectivity index (χ4v) is 3.34. The number of anilines is 1. The molecule has 2 heterocycles. The molecule has 6 nitrogen and oxygen atoms in total. The smallest absolute Gasteiger partial charge is 0.229 e. The number of carbonyl (C=O) groups is 1. The predicted molar refractivity (Wildman–Crippen MR) is 101 cm³/mol. The van der Waals surface area contributed by atoms with Crippen molar-refractivity contribution in [2.45, 2.75) is 32.7 Å². The molecule has 1 saturated heterocycles. The van der Waals surface area contributed by atoms with E-state index in [2.05, 4.69) is 39.6 Å². The van der Waals surface area contributed by atoms with Crippen molar-refractivity contribution in [3.05, 3.63) is 46.3 Å². The molecule has 1 aromatic heterocycles. The van der Waals surface area contributed by atoms with E-state index in [9.17, 15) is 4.79 Å². The third kappa shape index (κ3) is 4.56. The van der Waals surface area contributed by atoms with Gasteiger partial charge in [0.2, 0.25) is 11.1 Å². The molecule has 3 rings (SSSR count). The van der Waals surface area contributed by atoms with Crippen LogP contribution in [-0.2, 0) is 16.0 Å². The number of ether oxygens (including phenoxy) is 1. The second kappa shape index (κ2) is 8.56. The molecule has 140 valence electrons. The largest absolute Gasteiger partial charge is 0.378 e. The molecule has 1 aliphatic rings. The summed E-state index contributed by atoms with van der Waals surface area (Å²) >= 11 is 5.94. The van der Waals surface area contributed by atoms with Crippen molar-refractivity contribution >= 4 is 23.2 Å². The Labute approximate surface area is 158 Å². The molecule has 0 saturated carbocycles. The van der Waals surface area contributed by atoms with E-state index < -0.39 is 0 Å². The fraction of sp³-hybridized carbons (Fsp3) is 0.474. The lowest BCUT2D eigenvalue weighted by atomic mass is 10.1. The molecule has 7 heteroatoms. The number of hydrogen-bond donors (Lipinski definition) is 1. The predicted octanol–water partition coefficient (Wildman–Crippen LogP) is 3.28. The Morgan fingerprint density at radius 3 is 2.62 bits per heavy atom. The molecule has 1 amide bonds. The van der Waals surface area contributed by atoms with Crippen molar-refractivity contribution in [2.75, 3.05) is 31.2 Å². The molecule has 26 heavy (non-hydrogen) atoms. The van der Waals surface area contributed by atoms with Crippen LogP contribution in [0.2, 0.25) is 5.22 Å². The zero-order valence-corrected chi connectivity index (χ0v) is 15.9. The molecule has 1 atom stereocenters. The summed E-state index contributed by atoms with van der Waals surface area (Å²) in [6, 6.07) is 8.28. The van der Waals surface area contributed by atoms with E-state index >= 15 is 0 Å². The van der Waals surface area contributed by atoms with Gasteiger partial charge in [-0.15, -0.1) is 0 Å². The van der Waals surface area contributed by atoms with E-state index in [0.717, 1.165) is 43.1 Å². The van der Waals surface area contributed by atoms with Crippen LogP contribution in [0.3, 0.4) is 0 Å². The quantitative estimate of drug-likeness (QED) is 0.836. The van der Waals surface area contributed by atoms with E-state index in [1.807, 2.05) is 13.8 Å². The van der Waals surface area contributed by atoms with Gasteiger partial charge in [-0.3, -0.25) is 4.79 Å². The van der Waals surface area contributed by atoms with Crippen molar-refractivity contribution in [2.24, 2.45) is 0 Å². The number of aromatic nitrogens is 1. The highest BCUT2D eigenvalue weighted by molar-refractivity contribution is 6.29. The van der Waals surface area contributed by atoms with Gasteiger partial charge in [0.25, 0.3) is 0 Å². The van der Waals surface area contributed by atoms with Crippen molar-refractivity contribution in [1.82, 2.24) is 10.5 Å². The summed E-state index contributed by atoms with van der Waals surface area (Å²) in [5.74, 6) is -0.0218. The number of aryl methyl sites for hydroxylation is 1. The lowest BCUT2D eigenvalue weighted by Gasteiger charge is -2.29. The minimum absolute atomic E-state index is 0.0218. The number of hydrogen-bond acceptors (Lipinski definition) is 5. The maximum Gasteiger partial charge on any atom is 0.229 e. The minimum Gasteiger partial charge on any atom is -0.378 e. The first-order valence-corrected chi connectivity index (χ1v) is 9.25. The molecule has 1 N–H and O–H groups in total. The number of morpholine rings is 1. The van der Waals surface area contributed by atoms with Gasteiger partial charge < -0.3 is 19.5 Å². The average Bonchev–Trinajstić information content (AvgIpc) is 2.98. The Balaban J connectivity index is 1.52. The molecule has 2 aromatic rings. The Hall–Kier alpha value is -2.05. The van der Waals surface area contributed by atoms with Gasteiger partial charge in [-0.2, -0.15) is 0 Å². The first-order chi connectivity index (χ1) is 12.5. The Kier molecular flexibility index (Phi) is 6.16. The van der Waals surface area contributed by atoms with E-state index in [1.54, 1.807) is 0 Å². The van der Waals surface area contributed by atoms with Gasteiger partial charge in [0.05, 0.1) is 24.9 Å². The summed E-state index contributed by atoms with van der Waals surface area (Å²) in [6.45, 7) is 7.17. The van der Waals surface area contributed by atoms with Crippen LogP contribution in [0, 0.1) is 6.92 Å². The van der Waals surface area contributed by atoms with Crippen molar-refractivity contribution in [3.8, 4) is 0 Å². The van der Waals surface area contributed by atoms with Gasteiger partial charge in [0.1, 0.15) is 0 Å². The van der Waals surface area contributed by atoms with E-state index in [-0.39, 0.29) is 17.2 Å². The van der Waals surface area contributed by atoms with Gasteiger partial charge in [0.15, 0.2) is 0 Å². The summed E-state index contributed by atoms with van der Waals surface area (Å²) in [4.78, 5) is 14.5. The number of rotatable bonds is 6. The summed E-state index contributed by atoms with van der Waals surface area (Å²) in [5, 5.41) is 7.09. The lowest BCUT2D eigenvalue weighted by molar-refractivity contribution is -0.121. The Bertz CT molecular complexity index is 719. The molecule has 1 aliphatic heterocycles. The SMILES string of the molecule is Cc1noc(Cl)c1CCC(=O)NC(C)c1ccc(N2CCOCC2)cc1. The molecular weight excluding hydrogens is 354 g/mol. The van der Waals surface area contributed by atoms with Gasteiger partial charge in [-0.25, -0.2) is 0 Å². The topological polar surface area (TPSA) is 67.6 Å². The molecule has 0 radical (unpaired) electrons. The van der Waals surface area contributed by atoms with Crippen LogP contribution in [0.15, 0.2) is 28.8 Å². The van der Waals surface area contributed by atoms with Crippen LogP contribution in [0.5, 0.6) is 0 Å². The lowest BCUT2D eigenvalue weighted by Crippen LogP contribution is -2.36. The van der Waals surface area contributed by atoms with Gasteiger partial charge in [0, 0.05) is 30.8 Å². The number of halogens is 1. The van der Waals surface area contributed by atoms with Gasteiger partial charge in [-0.1, -0.05) is 17.3 Å². The second-order valence-electron chi connectivity index (χ2n) is 6.50. The second-order valence-corrected chi connectivity index (χ2v) is 6.84. The van der Waals surface area contributed by atoms with E-state index in [4.69, 9.17) is 20.9 Å². The van der Waals surface area contributed by atoms with Gasteiger partial charge in [-0.05, 0) is 49.6 Å². The zero-order valence-electron chi connectivity index (χ0n) is 15.1. The fourth-order valence-electron chi connectivity index (χ4n) is 3.07. The summed E-state index contributed by atoms with van der Waals surface area (Å²) in [6.07, 6.45) is 0.862. The van der Waals surface area contributed by atoms with Crippen molar-refractivity contribution < 1.29 is 14.1 Å². The van der Waals surface area contributed by atoms with E-state index in [1.165, 1.54) is 5.69 Å². The zero-order chi connectivity index (χ0) is 18.5. The third-order valence-electron chi connectivity index (χ3n) is 4.69. The van der Waals surface area contributed by atoms with Crippen LogP contribution >= 0.6 is 11.6 Å². The number of benzene rings is 1. The normalized spacial score (nSPS) is 15.7. The molecule has 0 spiro atoms. The summed E-state index contributed by atoms with van der Waals surface area (Å²) < 4.78 is 10.3. The molecule has 1 aromatic carbocycles. The van der Waals surface area contributed by atoms with Crippen molar-refractivity contribution in [1.29, 1.82) is 0 Å². The highest BCUT2D eigenvalue weighted by Crippen LogP contribution is 2.22. The van der Waals surface area contributed by atoms with E-state index in [0.29, 0.717) is 12.8 Å². The number of carbonyl (C=O) groups excluding carboxylic acids is 1. The van der Waals surface area contributed by atoms with Gasteiger partial charge >= 0.3 is 0 Å². The maximum absolute atomic E-state index is 12.2. The number of amides is 1. The van der Waals surface area contributed by atoms with Crippen LogP contribution in [0.25, 0.3) is 0 Å². The number of nitrogens with zero attached hydrogens (tertiary/aromatic N) is 2. The number of nitrogens with one attached hydrogen (secondary N) is 1. The minimum atomic E-state index is -0.0553. The van der Waals surface area contributed by atoms with Crippen LogP contribution in [0.4, 0.5) is 5.69 Å². The summed E-state index contributed by atoms with van der Waals surface area (Å²) in [7, 11) is 0. The molecular formula is C19H24ClN3O3. The molecule has 1 fully saturated rings. The average molecular weight is 378 g/mol. The van der Waals surface area contributed by atoms with Crippen molar-refractivity contribution in [3.63, 3.8) is 0 Å². The Morgan fingerprint density at radius 1 is 1.31 bits per heavy atom. The van der Waals surface area contributed by atoms with Crippen LogP contribution in [0.1, 0.15) is 36.2 Å². The van der Waals surface area contributed by atoms with Crippen LogP contribution < -0.4 is 10.2 Å². The monoisotopic (exact) mass is 377 g/mol. The maximum atomic E-state index is 12.2. The van der Waals surface area contributed by atoms with Crippen LogP contribution in [-0.4, -0.2) is 37.4 Å². The molecule has 0 aliphatic carbocycles. The first-order valence-electron chi connectivity index (χ1n) is 8.87. The molecule has 0 bridgehead atoms. The highest BCUT2D eigenvalue weighted by Gasteiger charge is 2.15. The highest BCUT2D eigenvalue weighted by atomic mass is 35.5. The summed E-state index contributed by atoms with van der Waals surface area (Å²) in [5.41, 5.74) is 3.79. The first kappa shape index (κ1) is 18.7.